The first-order valence-corrected chi connectivity index (χ1v) is 8.54. The summed E-state index contributed by atoms with van der Waals surface area (Å²) in [6.07, 6.45) is 0.764. The Hall–Kier alpha value is -3.11. The molecule has 144 valence electrons. The monoisotopic (exact) mass is 405 g/mol. The number of carboxylic acids is 1. The Labute approximate surface area is 161 Å². The van der Waals surface area contributed by atoms with Crippen LogP contribution in [0.4, 0.5) is 4.39 Å². The minimum Gasteiger partial charge on any atom is -0.480 e. The van der Waals surface area contributed by atoms with Crippen LogP contribution in [0.2, 0.25) is 5.02 Å². The van der Waals surface area contributed by atoms with E-state index in [-0.39, 0.29) is 28.3 Å². The number of hydrogen-bond acceptors (Lipinski definition) is 6. The predicted octanol–water partition coefficient (Wildman–Crippen LogP) is 2.00. The lowest BCUT2D eigenvalue weighted by Crippen LogP contribution is -2.27. The number of pyridine rings is 1. The van der Waals surface area contributed by atoms with E-state index < -0.39 is 29.5 Å². The molecule has 2 unspecified atom stereocenters. The van der Waals surface area contributed by atoms with Crippen molar-refractivity contribution >= 4 is 17.6 Å². The van der Waals surface area contributed by atoms with Gasteiger partial charge in [0.05, 0.1) is 22.5 Å². The fraction of sp³-hybridized carbons (Fsp3) is 0.235. The van der Waals surface area contributed by atoms with Crippen LogP contribution in [0, 0.1) is 5.82 Å². The zero-order valence-electron chi connectivity index (χ0n) is 14.4. The van der Waals surface area contributed by atoms with Crippen molar-refractivity contribution in [2.75, 3.05) is 7.11 Å². The van der Waals surface area contributed by atoms with Crippen molar-refractivity contribution in [3.05, 3.63) is 57.5 Å². The quantitative estimate of drug-likeness (QED) is 0.706. The van der Waals surface area contributed by atoms with Crippen LogP contribution in [0.5, 0.6) is 0 Å². The van der Waals surface area contributed by atoms with Crippen LogP contribution in [-0.2, 0) is 9.53 Å². The molecule has 1 aliphatic heterocycles. The smallest absolute Gasteiger partial charge is 0.326 e. The first-order valence-electron chi connectivity index (χ1n) is 8.16. The zero-order valence-corrected chi connectivity index (χ0v) is 15.2. The van der Waals surface area contributed by atoms with Gasteiger partial charge in [-0.1, -0.05) is 11.6 Å². The molecule has 3 aromatic rings. The number of rotatable bonds is 4. The van der Waals surface area contributed by atoms with Gasteiger partial charge in [-0.3, -0.25) is 9.36 Å². The highest BCUT2D eigenvalue weighted by Gasteiger charge is 2.37. The number of benzene rings is 1. The first-order chi connectivity index (χ1) is 13.4. The third-order valence-corrected chi connectivity index (χ3v) is 5.00. The molecule has 0 radical (unpaired) electrons. The molecule has 0 fully saturated rings. The van der Waals surface area contributed by atoms with Gasteiger partial charge in [0, 0.05) is 25.2 Å². The maximum atomic E-state index is 15.0. The second-order valence-electron chi connectivity index (χ2n) is 6.20. The maximum Gasteiger partial charge on any atom is 0.326 e. The molecule has 0 aliphatic carbocycles. The van der Waals surface area contributed by atoms with Crippen molar-refractivity contribution in [2.24, 2.45) is 0 Å². The average Bonchev–Trinajstić information content (AvgIpc) is 3.31. The predicted molar refractivity (Wildman–Crippen MR) is 94.9 cm³/mol. The number of fused-ring (bicyclic) bond motifs is 1. The summed E-state index contributed by atoms with van der Waals surface area (Å²) in [7, 11) is 1.42. The van der Waals surface area contributed by atoms with E-state index in [2.05, 4.69) is 15.5 Å². The summed E-state index contributed by atoms with van der Waals surface area (Å²) in [5.74, 6) is -1.89. The van der Waals surface area contributed by atoms with Crippen LogP contribution in [0.25, 0.3) is 16.8 Å². The number of aromatic nitrogens is 5. The molecule has 0 amide bonds. The normalized spacial score (nSPS) is 18.2. The van der Waals surface area contributed by atoms with Crippen LogP contribution in [-0.4, -0.2) is 43.0 Å². The molecule has 0 bridgehead atoms. The van der Waals surface area contributed by atoms with E-state index in [0.29, 0.717) is 5.69 Å². The molecule has 0 saturated carbocycles. The highest BCUT2D eigenvalue weighted by Crippen LogP contribution is 2.39. The fourth-order valence-electron chi connectivity index (χ4n) is 3.46. The van der Waals surface area contributed by atoms with E-state index in [1.54, 1.807) is 0 Å². The van der Waals surface area contributed by atoms with Crippen LogP contribution in [0.3, 0.4) is 0 Å². The van der Waals surface area contributed by atoms with Gasteiger partial charge in [-0.2, -0.15) is 4.68 Å². The van der Waals surface area contributed by atoms with E-state index in [1.165, 1.54) is 42.4 Å². The Morgan fingerprint density at radius 2 is 2.18 bits per heavy atom. The third kappa shape index (κ3) is 2.77. The molecule has 1 aliphatic rings. The van der Waals surface area contributed by atoms with Gasteiger partial charge in [0.1, 0.15) is 12.4 Å². The Morgan fingerprint density at radius 1 is 1.39 bits per heavy atom. The number of aliphatic carboxylic acids is 1. The third-order valence-electron chi connectivity index (χ3n) is 4.70. The maximum absolute atomic E-state index is 15.0. The van der Waals surface area contributed by atoms with E-state index in [9.17, 15) is 19.1 Å². The van der Waals surface area contributed by atoms with Crippen molar-refractivity contribution in [3.8, 4) is 16.8 Å². The largest absolute Gasteiger partial charge is 0.480 e. The molecule has 2 aromatic heterocycles. The average molecular weight is 406 g/mol. The number of tetrazole rings is 1. The van der Waals surface area contributed by atoms with Crippen molar-refractivity contribution < 1.29 is 19.0 Å². The summed E-state index contributed by atoms with van der Waals surface area (Å²) in [5.41, 5.74) is 0.280. The minimum absolute atomic E-state index is 0.0222. The highest BCUT2D eigenvalue weighted by atomic mass is 35.5. The molecule has 2 atom stereocenters. The van der Waals surface area contributed by atoms with Crippen LogP contribution >= 0.6 is 11.6 Å². The number of methoxy groups -OCH3 is 1. The van der Waals surface area contributed by atoms with Crippen molar-refractivity contribution in [1.29, 1.82) is 0 Å². The second-order valence-corrected chi connectivity index (χ2v) is 6.61. The Bertz CT molecular complexity index is 1130. The summed E-state index contributed by atoms with van der Waals surface area (Å²) in [6.45, 7) is 0. The lowest BCUT2D eigenvalue weighted by molar-refractivity contribution is -0.141. The summed E-state index contributed by atoms with van der Waals surface area (Å²) >= 11 is 5.95. The van der Waals surface area contributed by atoms with Crippen LogP contribution in [0.1, 0.15) is 24.3 Å². The summed E-state index contributed by atoms with van der Waals surface area (Å²) in [4.78, 5) is 24.2. The van der Waals surface area contributed by atoms with Crippen molar-refractivity contribution in [3.63, 3.8) is 0 Å². The van der Waals surface area contributed by atoms with E-state index in [1.807, 2.05) is 0 Å². The lowest BCUT2D eigenvalue weighted by atomic mass is 10.0. The lowest BCUT2D eigenvalue weighted by Gasteiger charge is -2.15. The minimum atomic E-state index is -1.14. The number of ether oxygens (including phenoxy) is 1. The highest BCUT2D eigenvalue weighted by molar-refractivity contribution is 6.31. The standard InChI is InChI=1S/C17H13ClFN5O4/c1-28-13-6-12(17(26)27)24-11(13)4-8(5-14(24)25)15-10(23-7-20-21-22-23)3-2-9(18)16(15)19/h2-5,7,12-13H,6H2,1H3,(H,26,27). The van der Waals surface area contributed by atoms with Gasteiger partial charge in [-0.15, -0.1) is 5.10 Å². The number of hydrogen-bond donors (Lipinski definition) is 1. The Balaban J connectivity index is 1.98. The molecule has 3 heterocycles. The molecular weight excluding hydrogens is 393 g/mol. The van der Waals surface area contributed by atoms with Gasteiger partial charge in [-0.25, -0.2) is 9.18 Å². The van der Waals surface area contributed by atoms with Crippen molar-refractivity contribution in [1.82, 2.24) is 24.8 Å². The molecule has 0 saturated heterocycles. The topological polar surface area (TPSA) is 112 Å². The fourth-order valence-corrected chi connectivity index (χ4v) is 3.62. The number of halogens is 2. The van der Waals surface area contributed by atoms with E-state index in [0.717, 1.165) is 4.57 Å². The summed E-state index contributed by atoms with van der Waals surface area (Å²) in [5, 5.41) is 20.1. The molecule has 1 aromatic carbocycles. The van der Waals surface area contributed by atoms with Gasteiger partial charge in [0.25, 0.3) is 5.56 Å². The zero-order chi connectivity index (χ0) is 20.0. The Kier molecular flexibility index (Phi) is 4.44. The molecule has 1 N–H and O–H groups in total. The molecule has 9 nitrogen and oxygen atoms in total. The summed E-state index contributed by atoms with van der Waals surface area (Å²) in [6, 6.07) is 4.53. The van der Waals surface area contributed by atoms with Gasteiger partial charge < -0.3 is 9.84 Å². The molecule has 0 spiro atoms. The van der Waals surface area contributed by atoms with Crippen molar-refractivity contribution in [2.45, 2.75) is 18.6 Å². The Morgan fingerprint density at radius 3 is 2.82 bits per heavy atom. The van der Waals surface area contributed by atoms with Gasteiger partial charge >= 0.3 is 5.97 Å². The molecule has 11 heteroatoms. The number of carboxylic acid groups (broad SMARTS) is 1. The first kappa shape index (κ1) is 18.3. The SMILES string of the molecule is COC1CC(C(=O)O)n2c1cc(-c1c(-n3cnnn3)ccc(Cl)c1F)cc2=O. The van der Waals surface area contributed by atoms with Gasteiger partial charge in [-0.05, 0) is 34.2 Å². The molecule has 28 heavy (non-hydrogen) atoms. The summed E-state index contributed by atoms with van der Waals surface area (Å²) < 4.78 is 22.7. The number of nitrogens with zero attached hydrogens (tertiary/aromatic N) is 5. The second kappa shape index (κ2) is 6.80. The van der Waals surface area contributed by atoms with Gasteiger partial charge in [0.15, 0.2) is 5.82 Å². The van der Waals surface area contributed by atoms with Crippen LogP contribution in [0.15, 0.2) is 35.4 Å². The molecular formula is C17H13ClFN5O4. The number of carbonyl (C=O) groups is 1. The van der Waals surface area contributed by atoms with Gasteiger partial charge in [0.2, 0.25) is 0 Å². The van der Waals surface area contributed by atoms with E-state index in [4.69, 9.17) is 16.3 Å². The van der Waals surface area contributed by atoms with E-state index >= 15 is 0 Å². The van der Waals surface area contributed by atoms with Crippen LogP contribution < -0.4 is 5.56 Å². The molecule has 4 rings (SSSR count).